The van der Waals surface area contributed by atoms with Crippen LogP contribution in [0.3, 0.4) is 0 Å². The lowest BCUT2D eigenvalue weighted by Gasteiger charge is -2.24. The summed E-state index contributed by atoms with van der Waals surface area (Å²) < 4.78 is 12.9. The standard InChI is InChI=1S/C10H14FN3/c1-7-4-8(5-14-10(7)11)9-6-12-2-3-13-9/h4-5,9,12-13H,2-3,6H2,1H3/t9-/m0/s1. The number of pyridine rings is 1. The zero-order chi connectivity index (χ0) is 9.97. The molecule has 1 aromatic heterocycles. The molecule has 0 radical (unpaired) electrons. The van der Waals surface area contributed by atoms with Gasteiger partial charge in [-0.05, 0) is 18.6 Å². The summed E-state index contributed by atoms with van der Waals surface area (Å²) in [5.74, 6) is -0.377. The van der Waals surface area contributed by atoms with Crippen molar-refractivity contribution in [2.24, 2.45) is 0 Å². The second-order valence-corrected chi connectivity index (χ2v) is 3.59. The number of nitrogens with zero attached hydrogens (tertiary/aromatic N) is 1. The molecule has 1 atom stereocenters. The monoisotopic (exact) mass is 195 g/mol. The maximum Gasteiger partial charge on any atom is 0.215 e. The van der Waals surface area contributed by atoms with Crippen molar-refractivity contribution in [1.82, 2.24) is 15.6 Å². The first-order chi connectivity index (χ1) is 6.77. The van der Waals surface area contributed by atoms with Gasteiger partial charge < -0.3 is 10.6 Å². The molecule has 1 fully saturated rings. The van der Waals surface area contributed by atoms with Crippen LogP contribution < -0.4 is 10.6 Å². The van der Waals surface area contributed by atoms with Crippen molar-refractivity contribution in [2.45, 2.75) is 13.0 Å². The topological polar surface area (TPSA) is 37.0 Å². The molecule has 2 heterocycles. The van der Waals surface area contributed by atoms with Gasteiger partial charge in [-0.2, -0.15) is 4.39 Å². The highest BCUT2D eigenvalue weighted by Crippen LogP contribution is 2.15. The van der Waals surface area contributed by atoms with E-state index in [1.54, 1.807) is 13.1 Å². The van der Waals surface area contributed by atoms with Gasteiger partial charge in [0, 0.05) is 37.4 Å². The number of hydrogen-bond donors (Lipinski definition) is 2. The van der Waals surface area contributed by atoms with Crippen LogP contribution in [-0.2, 0) is 0 Å². The van der Waals surface area contributed by atoms with Crippen molar-refractivity contribution in [3.8, 4) is 0 Å². The van der Waals surface area contributed by atoms with Gasteiger partial charge in [0.05, 0.1) is 0 Å². The molecule has 0 spiro atoms. The lowest BCUT2D eigenvalue weighted by atomic mass is 10.1. The number of hydrogen-bond acceptors (Lipinski definition) is 3. The predicted molar refractivity (Wildman–Crippen MR) is 52.5 cm³/mol. The number of aromatic nitrogens is 1. The predicted octanol–water partition coefficient (Wildman–Crippen LogP) is 0.763. The molecule has 0 aromatic carbocycles. The highest BCUT2D eigenvalue weighted by molar-refractivity contribution is 5.21. The van der Waals surface area contributed by atoms with Gasteiger partial charge >= 0.3 is 0 Å². The molecule has 1 aliphatic rings. The van der Waals surface area contributed by atoms with E-state index in [1.165, 1.54) is 0 Å². The van der Waals surface area contributed by atoms with E-state index in [1.807, 2.05) is 6.07 Å². The fourth-order valence-electron chi connectivity index (χ4n) is 1.66. The van der Waals surface area contributed by atoms with Gasteiger partial charge in [0.2, 0.25) is 5.95 Å². The van der Waals surface area contributed by atoms with Crippen LogP contribution in [0.25, 0.3) is 0 Å². The van der Waals surface area contributed by atoms with E-state index in [-0.39, 0.29) is 12.0 Å². The Morgan fingerprint density at radius 1 is 1.50 bits per heavy atom. The highest BCUT2D eigenvalue weighted by Gasteiger charge is 2.15. The van der Waals surface area contributed by atoms with Crippen molar-refractivity contribution in [1.29, 1.82) is 0 Å². The Kier molecular flexibility index (Phi) is 2.74. The fourth-order valence-corrected chi connectivity index (χ4v) is 1.66. The zero-order valence-corrected chi connectivity index (χ0v) is 8.18. The van der Waals surface area contributed by atoms with Crippen LogP contribution in [-0.4, -0.2) is 24.6 Å². The van der Waals surface area contributed by atoms with Crippen molar-refractivity contribution < 1.29 is 4.39 Å². The van der Waals surface area contributed by atoms with E-state index in [0.29, 0.717) is 5.56 Å². The molecule has 4 heteroatoms. The van der Waals surface area contributed by atoms with Gasteiger partial charge in [0.1, 0.15) is 0 Å². The molecule has 2 rings (SSSR count). The SMILES string of the molecule is Cc1cc([C@@H]2CNCCN2)cnc1F. The smallest absolute Gasteiger partial charge is 0.215 e. The summed E-state index contributed by atoms with van der Waals surface area (Å²) in [7, 11) is 0. The molecule has 0 bridgehead atoms. The quantitative estimate of drug-likeness (QED) is 0.650. The summed E-state index contributed by atoms with van der Waals surface area (Å²) in [4.78, 5) is 3.72. The Labute approximate surface area is 82.7 Å². The molecule has 0 saturated carbocycles. The summed E-state index contributed by atoms with van der Waals surface area (Å²) in [6, 6.07) is 2.11. The first-order valence-corrected chi connectivity index (χ1v) is 4.83. The second-order valence-electron chi connectivity index (χ2n) is 3.59. The molecular weight excluding hydrogens is 181 g/mol. The Morgan fingerprint density at radius 3 is 3.00 bits per heavy atom. The van der Waals surface area contributed by atoms with E-state index in [4.69, 9.17) is 0 Å². The van der Waals surface area contributed by atoms with Crippen molar-refractivity contribution in [3.63, 3.8) is 0 Å². The Balaban J connectivity index is 2.18. The Bertz CT molecular complexity index is 321. The van der Waals surface area contributed by atoms with Gasteiger partial charge in [0.15, 0.2) is 0 Å². The first kappa shape index (κ1) is 9.55. The van der Waals surface area contributed by atoms with E-state index in [2.05, 4.69) is 15.6 Å². The Morgan fingerprint density at radius 2 is 2.36 bits per heavy atom. The molecule has 14 heavy (non-hydrogen) atoms. The maximum absolute atomic E-state index is 12.9. The normalized spacial score (nSPS) is 22.3. The van der Waals surface area contributed by atoms with Gasteiger partial charge in [-0.15, -0.1) is 0 Å². The van der Waals surface area contributed by atoms with Crippen molar-refractivity contribution in [2.75, 3.05) is 19.6 Å². The third kappa shape index (κ3) is 1.91. The third-order valence-corrected chi connectivity index (χ3v) is 2.48. The Hall–Kier alpha value is -1.00. The molecule has 0 unspecified atom stereocenters. The zero-order valence-electron chi connectivity index (χ0n) is 8.18. The van der Waals surface area contributed by atoms with Crippen molar-refractivity contribution >= 4 is 0 Å². The second kappa shape index (κ2) is 4.02. The molecule has 1 saturated heterocycles. The molecule has 0 aliphatic carbocycles. The summed E-state index contributed by atoms with van der Waals surface area (Å²) in [6.07, 6.45) is 1.60. The summed E-state index contributed by atoms with van der Waals surface area (Å²) in [5.41, 5.74) is 1.66. The lowest BCUT2D eigenvalue weighted by molar-refractivity contribution is 0.428. The summed E-state index contributed by atoms with van der Waals surface area (Å²) >= 11 is 0. The minimum Gasteiger partial charge on any atom is -0.314 e. The number of aryl methyl sites for hydroxylation is 1. The van der Waals surface area contributed by atoms with Gasteiger partial charge in [-0.1, -0.05) is 0 Å². The van der Waals surface area contributed by atoms with E-state index < -0.39 is 0 Å². The van der Waals surface area contributed by atoms with E-state index in [9.17, 15) is 4.39 Å². The average Bonchev–Trinajstić information content (AvgIpc) is 2.23. The fraction of sp³-hybridized carbons (Fsp3) is 0.500. The molecule has 0 amide bonds. The molecule has 1 aliphatic heterocycles. The molecule has 2 N–H and O–H groups in total. The third-order valence-electron chi connectivity index (χ3n) is 2.48. The minimum atomic E-state index is -0.377. The molecule has 3 nitrogen and oxygen atoms in total. The highest BCUT2D eigenvalue weighted by atomic mass is 19.1. The summed E-state index contributed by atoms with van der Waals surface area (Å²) in [5, 5.41) is 6.64. The maximum atomic E-state index is 12.9. The van der Waals surface area contributed by atoms with Gasteiger partial charge in [0.25, 0.3) is 0 Å². The first-order valence-electron chi connectivity index (χ1n) is 4.83. The molecular formula is C10H14FN3. The summed E-state index contributed by atoms with van der Waals surface area (Å²) in [6.45, 7) is 4.56. The van der Waals surface area contributed by atoms with Crippen LogP contribution >= 0.6 is 0 Å². The van der Waals surface area contributed by atoms with Crippen LogP contribution in [0.1, 0.15) is 17.2 Å². The van der Waals surface area contributed by atoms with Crippen LogP contribution in [0, 0.1) is 12.9 Å². The number of nitrogens with one attached hydrogen (secondary N) is 2. The average molecular weight is 195 g/mol. The van der Waals surface area contributed by atoms with Crippen LogP contribution in [0.5, 0.6) is 0 Å². The van der Waals surface area contributed by atoms with Crippen LogP contribution in [0.15, 0.2) is 12.3 Å². The van der Waals surface area contributed by atoms with Crippen molar-refractivity contribution in [3.05, 3.63) is 29.3 Å². The molecule has 1 aromatic rings. The largest absolute Gasteiger partial charge is 0.314 e. The molecule has 76 valence electrons. The van der Waals surface area contributed by atoms with Crippen LogP contribution in [0.4, 0.5) is 4.39 Å². The van der Waals surface area contributed by atoms with Gasteiger partial charge in [-0.3, -0.25) is 0 Å². The minimum absolute atomic E-state index is 0.260. The number of piperazine rings is 1. The van der Waals surface area contributed by atoms with E-state index in [0.717, 1.165) is 25.2 Å². The van der Waals surface area contributed by atoms with Gasteiger partial charge in [-0.25, -0.2) is 4.98 Å². The number of halogens is 1. The van der Waals surface area contributed by atoms with Crippen LogP contribution in [0.2, 0.25) is 0 Å². The number of rotatable bonds is 1. The van der Waals surface area contributed by atoms with E-state index >= 15 is 0 Å². The lowest BCUT2D eigenvalue weighted by Crippen LogP contribution is -2.42.